The summed E-state index contributed by atoms with van der Waals surface area (Å²) in [5.41, 5.74) is 4.94. The molecule has 25 heavy (non-hydrogen) atoms. The number of benzene rings is 1. The van der Waals surface area contributed by atoms with Crippen molar-refractivity contribution in [2.24, 2.45) is 29.4 Å². The summed E-state index contributed by atoms with van der Waals surface area (Å²) in [5.74, 6) is -4.10. The van der Waals surface area contributed by atoms with E-state index in [4.69, 9.17) is 10.5 Å². The van der Waals surface area contributed by atoms with Crippen LogP contribution in [0.1, 0.15) is 12.8 Å². The van der Waals surface area contributed by atoms with Crippen molar-refractivity contribution < 1.29 is 29.3 Å². The molecule has 0 bridgehead atoms. The van der Waals surface area contributed by atoms with Gasteiger partial charge in [-0.25, -0.2) is 0 Å². The maximum atomic E-state index is 12.3. The normalized spacial score (nSPS) is 32.6. The van der Waals surface area contributed by atoms with Crippen molar-refractivity contribution in [1.29, 1.82) is 0 Å². The number of rotatable bonds is 6. The predicted molar refractivity (Wildman–Crippen MR) is 87.0 cm³/mol. The van der Waals surface area contributed by atoms with Crippen LogP contribution in [0.25, 0.3) is 0 Å². The lowest BCUT2D eigenvalue weighted by molar-refractivity contribution is -0.146. The quantitative estimate of drug-likeness (QED) is 0.595. The van der Waals surface area contributed by atoms with E-state index in [1.165, 1.54) is 7.11 Å². The SMILES string of the molecule is COc1cccc(NC(=O)C[C@H]2C[C@@](N)(C(=O)O)C3C2[C@@H]3C(=O)O)c1. The van der Waals surface area contributed by atoms with Gasteiger partial charge in [0.25, 0.3) is 0 Å². The average molecular weight is 348 g/mol. The summed E-state index contributed by atoms with van der Waals surface area (Å²) in [4.78, 5) is 35.1. The Morgan fingerprint density at radius 2 is 2.08 bits per heavy atom. The molecule has 8 heteroatoms. The summed E-state index contributed by atoms with van der Waals surface area (Å²) < 4.78 is 5.09. The first kappa shape index (κ1) is 17.2. The zero-order valence-corrected chi connectivity index (χ0v) is 13.6. The minimum Gasteiger partial charge on any atom is -0.497 e. The molecule has 5 atom stereocenters. The first-order valence-corrected chi connectivity index (χ1v) is 7.97. The van der Waals surface area contributed by atoms with E-state index in [9.17, 15) is 24.6 Å². The molecule has 2 fully saturated rings. The maximum Gasteiger partial charge on any atom is 0.324 e. The first-order chi connectivity index (χ1) is 11.8. The second kappa shape index (κ2) is 6.03. The molecule has 1 aromatic rings. The highest BCUT2D eigenvalue weighted by Gasteiger charge is 2.73. The lowest BCUT2D eigenvalue weighted by Gasteiger charge is -2.24. The molecule has 134 valence electrons. The molecule has 2 unspecified atom stereocenters. The molecule has 0 aliphatic heterocycles. The third-order valence-electron chi connectivity index (χ3n) is 5.30. The molecular weight excluding hydrogens is 328 g/mol. The summed E-state index contributed by atoms with van der Waals surface area (Å²) >= 11 is 0. The fourth-order valence-corrected chi connectivity index (χ4v) is 4.20. The zero-order chi connectivity index (χ0) is 18.4. The van der Waals surface area contributed by atoms with Gasteiger partial charge in [0, 0.05) is 24.1 Å². The summed E-state index contributed by atoms with van der Waals surface area (Å²) in [5, 5.41) is 21.4. The number of fused-ring (bicyclic) bond motifs is 1. The number of carbonyl (C=O) groups is 3. The predicted octanol–water partition coefficient (Wildman–Crippen LogP) is 0.773. The minimum absolute atomic E-state index is 0.0361. The molecule has 2 saturated carbocycles. The van der Waals surface area contributed by atoms with E-state index in [-0.39, 0.29) is 30.6 Å². The van der Waals surface area contributed by atoms with Gasteiger partial charge in [-0.05, 0) is 30.4 Å². The van der Waals surface area contributed by atoms with Crippen molar-refractivity contribution in [3.05, 3.63) is 24.3 Å². The molecule has 0 saturated heterocycles. The van der Waals surface area contributed by atoms with Crippen molar-refractivity contribution in [2.45, 2.75) is 18.4 Å². The molecule has 0 spiro atoms. The number of hydrogen-bond donors (Lipinski definition) is 4. The molecule has 0 heterocycles. The van der Waals surface area contributed by atoms with Crippen LogP contribution < -0.4 is 15.8 Å². The molecule has 8 nitrogen and oxygen atoms in total. The van der Waals surface area contributed by atoms with E-state index in [1.54, 1.807) is 24.3 Å². The number of aliphatic carboxylic acids is 2. The summed E-state index contributed by atoms with van der Waals surface area (Å²) in [6.07, 6.45) is 0.140. The average Bonchev–Trinajstić information content (AvgIpc) is 3.24. The van der Waals surface area contributed by atoms with Crippen molar-refractivity contribution >= 4 is 23.5 Å². The number of carboxylic acid groups (broad SMARTS) is 2. The van der Waals surface area contributed by atoms with Crippen LogP contribution in [0, 0.1) is 23.7 Å². The van der Waals surface area contributed by atoms with Gasteiger partial charge in [-0.3, -0.25) is 14.4 Å². The number of hydrogen-bond acceptors (Lipinski definition) is 5. The van der Waals surface area contributed by atoms with Gasteiger partial charge in [0.05, 0.1) is 13.0 Å². The summed E-state index contributed by atoms with van der Waals surface area (Å²) in [6, 6.07) is 6.85. The Hall–Kier alpha value is -2.61. The summed E-state index contributed by atoms with van der Waals surface area (Å²) in [6.45, 7) is 0. The molecule has 1 amide bonds. The Morgan fingerprint density at radius 3 is 2.68 bits per heavy atom. The van der Waals surface area contributed by atoms with E-state index in [0.717, 1.165) is 0 Å². The second-order valence-corrected chi connectivity index (χ2v) is 6.76. The van der Waals surface area contributed by atoms with Crippen molar-refractivity contribution in [1.82, 2.24) is 0 Å². The van der Waals surface area contributed by atoms with Crippen LogP contribution in [0.5, 0.6) is 5.75 Å². The molecule has 3 rings (SSSR count). The summed E-state index contributed by atoms with van der Waals surface area (Å²) in [7, 11) is 1.52. The number of anilines is 1. The van der Waals surface area contributed by atoms with Gasteiger partial charge in [0.1, 0.15) is 11.3 Å². The molecule has 0 radical (unpaired) electrons. The van der Waals surface area contributed by atoms with E-state index < -0.39 is 29.3 Å². The number of nitrogens with one attached hydrogen (secondary N) is 1. The Morgan fingerprint density at radius 1 is 1.36 bits per heavy atom. The number of amides is 1. The smallest absolute Gasteiger partial charge is 0.324 e. The van der Waals surface area contributed by atoms with Crippen molar-refractivity contribution in [3.63, 3.8) is 0 Å². The lowest BCUT2D eigenvalue weighted by Crippen LogP contribution is -2.50. The van der Waals surface area contributed by atoms with Crippen LogP contribution in [0.15, 0.2) is 24.3 Å². The highest BCUT2D eigenvalue weighted by Crippen LogP contribution is 2.65. The molecule has 2 aliphatic rings. The second-order valence-electron chi connectivity index (χ2n) is 6.76. The van der Waals surface area contributed by atoms with E-state index in [2.05, 4.69) is 5.32 Å². The highest BCUT2D eigenvalue weighted by molar-refractivity contribution is 5.92. The van der Waals surface area contributed by atoms with Crippen LogP contribution >= 0.6 is 0 Å². The Kier molecular flexibility index (Phi) is 4.16. The minimum atomic E-state index is -1.57. The van der Waals surface area contributed by atoms with Crippen LogP contribution in [0.4, 0.5) is 5.69 Å². The van der Waals surface area contributed by atoms with Crippen LogP contribution in [-0.2, 0) is 14.4 Å². The monoisotopic (exact) mass is 348 g/mol. The van der Waals surface area contributed by atoms with Gasteiger partial charge in [-0.15, -0.1) is 0 Å². The van der Waals surface area contributed by atoms with Gasteiger partial charge in [0.2, 0.25) is 5.91 Å². The number of ether oxygens (including phenoxy) is 1. The largest absolute Gasteiger partial charge is 0.497 e. The Labute approximate surface area is 144 Å². The van der Waals surface area contributed by atoms with E-state index in [0.29, 0.717) is 11.4 Å². The fourth-order valence-electron chi connectivity index (χ4n) is 4.20. The molecule has 2 aliphatic carbocycles. The molecule has 1 aromatic carbocycles. The molecule has 0 aromatic heterocycles. The first-order valence-electron chi connectivity index (χ1n) is 7.97. The van der Waals surface area contributed by atoms with Gasteiger partial charge in [-0.2, -0.15) is 0 Å². The van der Waals surface area contributed by atoms with Gasteiger partial charge in [-0.1, -0.05) is 6.07 Å². The van der Waals surface area contributed by atoms with Crippen molar-refractivity contribution in [2.75, 3.05) is 12.4 Å². The van der Waals surface area contributed by atoms with E-state index in [1.807, 2.05) is 0 Å². The number of methoxy groups -OCH3 is 1. The number of carbonyl (C=O) groups excluding carboxylic acids is 1. The topological polar surface area (TPSA) is 139 Å². The third kappa shape index (κ3) is 2.93. The maximum absolute atomic E-state index is 12.3. The van der Waals surface area contributed by atoms with Gasteiger partial charge < -0.3 is 26.0 Å². The lowest BCUT2D eigenvalue weighted by atomic mass is 9.86. The number of nitrogens with two attached hydrogens (primary N) is 1. The standard InChI is InChI=1S/C17H20N2O6/c1-25-10-4-2-3-9(6-10)19-11(20)5-8-7-17(18,16(23)24)14-12(8)13(14)15(21)22/h2-4,6,8,12-14H,5,7,18H2,1H3,(H,19,20)(H,21,22)(H,23,24)/t8-,12?,13-,14?,17-/m0/s1. The van der Waals surface area contributed by atoms with Crippen molar-refractivity contribution in [3.8, 4) is 5.75 Å². The fraction of sp³-hybridized carbons (Fsp3) is 0.471. The Balaban J connectivity index is 1.69. The van der Waals surface area contributed by atoms with Crippen LogP contribution in [-0.4, -0.2) is 40.7 Å². The highest BCUT2D eigenvalue weighted by atomic mass is 16.5. The molecular formula is C17H20N2O6. The molecule has 5 N–H and O–H groups in total. The number of carboxylic acids is 2. The zero-order valence-electron chi connectivity index (χ0n) is 13.6. The Bertz CT molecular complexity index is 736. The van der Waals surface area contributed by atoms with Crippen LogP contribution in [0.2, 0.25) is 0 Å². The van der Waals surface area contributed by atoms with E-state index >= 15 is 0 Å². The van der Waals surface area contributed by atoms with Gasteiger partial charge >= 0.3 is 11.9 Å². The van der Waals surface area contributed by atoms with Gasteiger partial charge in [0.15, 0.2) is 0 Å². The van der Waals surface area contributed by atoms with Crippen LogP contribution in [0.3, 0.4) is 0 Å². The third-order valence-corrected chi connectivity index (χ3v) is 5.30.